The zero-order chi connectivity index (χ0) is 39.3. The van der Waals surface area contributed by atoms with E-state index >= 15 is 0 Å². The predicted octanol–water partition coefficient (Wildman–Crippen LogP) is 14.3. The molecule has 1 unspecified atom stereocenters. The van der Waals surface area contributed by atoms with Gasteiger partial charge in [0, 0.05) is 19.4 Å². The Balaban J connectivity index is 4.31. The molecule has 0 aromatic heterocycles. The first kappa shape index (κ1) is 50.8. The van der Waals surface area contributed by atoms with Gasteiger partial charge in [-0.3, -0.25) is 9.59 Å². The van der Waals surface area contributed by atoms with Crippen LogP contribution in [0.1, 0.15) is 175 Å². The lowest BCUT2D eigenvalue weighted by molar-refractivity contribution is -0.163. The second kappa shape index (κ2) is 44.2. The number of carbonyl (C=O) groups excluding carboxylic acids is 2. The van der Waals surface area contributed by atoms with Crippen LogP contribution in [0.2, 0.25) is 0 Å². The lowest BCUT2D eigenvalue weighted by atomic mass is 10.1. The summed E-state index contributed by atoms with van der Waals surface area (Å²) in [4.78, 5) is 25.1. The molecule has 0 aliphatic rings. The normalized spacial score (nSPS) is 13.2. The fourth-order valence-electron chi connectivity index (χ4n) is 5.43. The Labute approximate surface area is 332 Å². The monoisotopic (exact) mass is 749 g/mol. The number of hydrogen-bond acceptors (Lipinski definition) is 5. The van der Waals surface area contributed by atoms with Gasteiger partial charge < -0.3 is 14.2 Å². The molecule has 54 heavy (non-hydrogen) atoms. The number of hydrogen-bond donors (Lipinski definition) is 0. The van der Waals surface area contributed by atoms with Gasteiger partial charge in [0.25, 0.3) is 0 Å². The van der Waals surface area contributed by atoms with E-state index in [0.717, 1.165) is 116 Å². The highest BCUT2D eigenvalue weighted by molar-refractivity contribution is 5.70. The Morgan fingerprint density at radius 2 is 0.833 bits per heavy atom. The topological polar surface area (TPSA) is 61.8 Å². The van der Waals surface area contributed by atoms with Crippen molar-refractivity contribution in [2.24, 2.45) is 0 Å². The molecule has 0 spiro atoms. The van der Waals surface area contributed by atoms with Crippen molar-refractivity contribution in [3.63, 3.8) is 0 Å². The zero-order valence-electron chi connectivity index (χ0n) is 34.9. The summed E-state index contributed by atoms with van der Waals surface area (Å²) < 4.78 is 17.2. The van der Waals surface area contributed by atoms with Crippen LogP contribution in [0.5, 0.6) is 0 Å². The quantitative estimate of drug-likeness (QED) is 0.0357. The van der Waals surface area contributed by atoms with E-state index in [0.29, 0.717) is 19.4 Å². The van der Waals surface area contributed by atoms with E-state index in [1.54, 1.807) is 0 Å². The van der Waals surface area contributed by atoms with Crippen molar-refractivity contribution < 1.29 is 23.8 Å². The number of unbranched alkanes of at least 4 members (excludes halogenated alkanes) is 11. The van der Waals surface area contributed by atoms with Gasteiger partial charge in [0.1, 0.15) is 6.61 Å². The first-order chi connectivity index (χ1) is 26.6. The van der Waals surface area contributed by atoms with Crippen molar-refractivity contribution in [3.05, 3.63) is 97.2 Å². The molecular weight excluding hydrogens is 669 g/mol. The third-order valence-electron chi connectivity index (χ3n) is 8.62. The summed E-state index contributed by atoms with van der Waals surface area (Å²) in [5, 5.41) is 0. The van der Waals surface area contributed by atoms with E-state index in [-0.39, 0.29) is 25.2 Å². The van der Waals surface area contributed by atoms with Gasteiger partial charge in [0.05, 0.1) is 6.61 Å². The van der Waals surface area contributed by atoms with Gasteiger partial charge in [-0.25, -0.2) is 0 Å². The Morgan fingerprint density at radius 3 is 1.33 bits per heavy atom. The molecule has 0 saturated carbocycles. The molecule has 0 aromatic rings. The van der Waals surface area contributed by atoms with Gasteiger partial charge in [0.2, 0.25) is 0 Å². The standard InChI is InChI=1S/C49H80O5/c1-4-7-10-13-16-18-20-22-23-24-25-26-28-30-32-35-38-41-44-52-45-47(54-49(51)43-40-37-33-15-12-9-6-3)46-53-48(50)42-39-36-34-31-29-27-21-19-17-14-11-8-5-2/h7-8,10-11,16-19,22-23,25-27,29-30,32,47H,4-6,9,12-15,20-21,24,28,31,33-46H2,1-3H3/b10-7-,11-8-,18-16-,19-17-,23-22-,26-25-,29-27-,32-30-. The molecule has 0 aliphatic heterocycles. The fourth-order valence-corrected chi connectivity index (χ4v) is 5.43. The second-order valence-electron chi connectivity index (χ2n) is 13.8. The Morgan fingerprint density at radius 1 is 0.426 bits per heavy atom. The number of allylic oxidation sites excluding steroid dienone is 16. The van der Waals surface area contributed by atoms with Crippen LogP contribution >= 0.6 is 0 Å². The van der Waals surface area contributed by atoms with Gasteiger partial charge in [-0.1, -0.05) is 163 Å². The molecule has 5 heteroatoms. The molecule has 0 bridgehead atoms. The summed E-state index contributed by atoms with van der Waals surface area (Å²) in [5.74, 6) is -0.471. The van der Waals surface area contributed by atoms with Crippen molar-refractivity contribution in [2.45, 2.75) is 181 Å². The van der Waals surface area contributed by atoms with E-state index in [1.807, 2.05) is 0 Å². The summed E-state index contributed by atoms with van der Waals surface area (Å²) >= 11 is 0. The van der Waals surface area contributed by atoms with E-state index < -0.39 is 6.10 Å². The molecule has 0 N–H and O–H groups in total. The van der Waals surface area contributed by atoms with Crippen LogP contribution in [-0.4, -0.2) is 37.9 Å². The molecule has 0 amide bonds. The summed E-state index contributed by atoms with van der Waals surface area (Å²) in [6, 6.07) is 0. The SMILES string of the molecule is CC/C=C\C/C=C\C/C=C\C/C=C\C/C=C\CCCCOCC(COC(=O)CCCCC/C=C\C/C=C\C/C=C\CC)OC(=O)CCCCCCCCC. The minimum atomic E-state index is -0.571. The number of rotatable bonds is 38. The fraction of sp³-hybridized carbons (Fsp3) is 0.633. The average molecular weight is 749 g/mol. The molecule has 0 rings (SSSR count). The van der Waals surface area contributed by atoms with Gasteiger partial charge in [-0.05, 0) is 96.3 Å². The highest BCUT2D eigenvalue weighted by atomic mass is 16.6. The minimum absolute atomic E-state index is 0.0477. The highest BCUT2D eigenvalue weighted by Gasteiger charge is 2.17. The van der Waals surface area contributed by atoms with Crippen molar-refractivity contribution in [2.75, 3.05) is 19.8 Å². The number of esters is 2. The largest absolute Gasteiger partial charge is 0.462 e. The van der Waals surface area contributed by atoms with Crippen LogP contribution < -0.4 is 0 Å². The molecular formula is C49H80O5. The van der Waals surface area contributed by atoms with Crippen LogP contribution in [-0.2, 0) is 23.8 Å². The Hall–Kier alpha value is -3.18. The van der Waals surface area contributed by atoms with E-state index in [1.165, 1.54) is 25.7 Å². The number of ether oxygens (including phenoxy) is 3. The lowest BCUT2D eigenvalue weighted by Crippen LogP contribution is -2.30. The van der Waals surface area contributed by atoms with Crippen LogP contribution in [0.4, 0.5) is 0 Å². The second-order valence-corrected chi connectivity index (χ2v) is 13.8. The maximum atomic E-state index is 12.6. The molecule has 0 aliphatic carbocycles. The molecule has 0 aromatic carbocycles. The van der Waals surface area contributed by atoms with Crippen molar-refractivity contribution >= 4 is 11.9 Å². The first-order valence-electron chi connectivity index (χ1n) is 21.8. The lowest BCUT2D eigenvalue weighted by Gasteiger charge is -2.18. The van der Waals surface area contributed by atoms with Crippen LogP contribution in [0, 0.1) is 0 Å². The van der Waals surface area contributed by atoms with Crippen molar-refractivity contribution in [1.82, 2.24) is 0 Å². The van der Waals surface area contributed by atoms with Crippen molar-refractivity contribution in [1.29, 1.82) is 0 Å². The van der Waals surface area contributed by atoms with E-state index in [9.17, 15) is 9.59 Å². The molecule has 0 saturated heterocycles. The van der Waals surface area contributed by atoms with E-state index in [4.69, 9.17) is 14.2 Å². The maximum absolute atomic E-state index is 12.6. The van der Waals surface area contributed by atoms with Crippen LogP contribution in [0.15, 0.2) is 97.2 Å². The molecule has 0 fully saturated rings. The van der Waals surface area contributed by atoms with Gasteiger partial charge in [0.15, 0.2) is 6.10 Å². The summed E-state index contributed by atoms with van der Waals surface area (Å²) in [6.45, 7) is 7.40. The van der Waals surface area contributed by atoms with Gasteiger partial charge in [-0.15, -0.1) is 0 Å². The van der Waals surface area contributed by atoms with E-state index in [2.05, 4.69) is 118 Å². The van der Waals surface area contributed by atoms with Gasteiger partial charge in [-0.2, -0.15) is 0 Å². The Kier molecular flexibility index (Phi) is 41.6. The average Bonchev–Trinajstić information content (AvgIpc) is 3.17. The van der Waals surface area contributed by atoms with Crippen molar-refractivity contribution in [3.8, 4) is 0 Å². The third kappa shape index (κ3) is 41.6. The highest BCUT2D eigenvalue weighted by Crippen LogP contribution is 2.11. The number of carbonyl (C=O) groups is 2. The predicted molar refractivity (Wildman–Crippen MR) is 233 cm³/mol. The first-order valence-corrected chi connectivity index (χ1v) is 21.8. The smallest absolute Gasteiger partial charge is 0.306 e. The molecule has 1 atom stereocenters. The maximum Gasteiger partial charge on any atom is 0.306 e. The Bertz CT molecular complexity index is 1070. The molecule has 0 radical (unpaired) electrons. The third-order valence-corrected chi connectivity index (χ3v) is 8.62. The summed E-state index contributed by atoms with van der Waals surface area (Å²) in [7, 11) is 0. The summed E-state index contributed by atoms with van der Waals surface area (Å²) in [6.07, 6.45) is 58.5. The molecule has 0 heterocycles. The summed E-state index contributed by atoms with van der Waals surface area (Å²) in [5.41, 5.74) is 0. The van der Waals surface area contributed by atoms with Crippen LogP contribution in [0.25, 0.3) is 0 Å². The molecule has 5 nitrogen and oxygen atoms in total. The minimum Gasteiger partial charge on any atom is -0.462 e. The molecule has 306 valence electrons. The van der Waals surface area contributed by atoms with Crippen LogP contribution in [0.3, 0.4) is 0 Å². The van der Waals surface area contributed by atoms with Gasteiger partial charge >= 0.3 is 11.9 Å². The zero-order valence-corrected chi connectivity index (χ0v) is 34.9.